The van der Waals surface area contributed by atoms with E-state index in [2.05, 4.69) is 15.3 Å². The highest BCUT2D eigenvalue weighted by Crippen LogP contribution is 2.31. The number of ether oxygens (including phenoxy) is 1. The Morgan fingerprint density at radius 3 is 3.12 bits per heavy atom. The van der Waals surface area contributed by atoms with Gasteiger partial charge in [0.15, 0.2) is 16.7 Å². The molecule has 2 rings (SSSR count). The van der Waals surface area contributed by atoms with Crippen LogP contribution in [-0.4, -0.2) is 42.6 Å². The van der Waals surface area contributed by atoms with Crippen LogP contribution >= 0.6 is 11.6 Å². The van der Waals surface area contributed by atoms with Gasteiger partial charge in [-0.05, 0) is 6.42 Å². The Kier molecular flexibility index (Phi) is 3.63. The van der Waals surface area contributed by atoms with E-state index < -0.39 is 0 Å². The zero-order chi connectivity index (χ0) is 12.3. The van der Waals surface area contributed by atoms with Gasteiger partial charge in [0.25, 0.3) is 0 Å². The first-order valence-electron chi connectivity index (χ1n) is 5.28. The fourth-order valence-corrected chi connectivity index (χ4v) is 1.94. The Balaban J connectivity index is 2.31. The lowest BCUT2D eigenvalue weighted by atomic mass is 10.3. The molecule has 1 saturated heterocycles. The average molecular weight is 257 g/mol. The molecule has 6 nitrogen and oxygen atoms in total. The molecule has 1 N–H and O–H groups in total. The van der Waals surface area contributed by atoms with Crippen LogP contribution in [0.25, 0.3) is 0 Å². The minimum atomic E-state index is -0.0284. The first kappa shape index (κ1) is 11.9. The second-order valence-electron chi connectivity index (χ2n) is 3.65. The summed E-state index contributed by atoms with van der Waals surface area (Å²) in [6.07, 6.45) is 2.22. The molecule has 0 bridgehead atoms. The topological polar surface area (TPSA) is 67.4 Å². The lowest BCUT2D eigenvalue weighted by Gasteiger charge is -2.21. The van der Waals surface area contributed by atoms with Crippen molar-refractivity contribution in [2.75, 3.05) is 31.6 Å². The monoisotopic (exact) mass is 256 g/mol. The summed E-state index contributed by atoms with van der Waals surface area (Å²) in [4.78, 5) is 21.3. The summed E-state index contributed by atoms with van der Waals surface area (Å²) >= 11 is 5.92. The predicted molar refractivity (Wildman–Crippen MR) is 63.4 cm³/mol. The molecule has 92 valence electrons. The standard InChI is InChI=1S/C10H13ClN4O2/c1-17-8-9(11)13-6-14-10(8)15-4-2-3-12-7(16)5-15/h6H,2-5H2,1H3,(H,12,16). The number of rotatable bonds is 2. The Morgan fingerprint density at radius 2 is 2.35 bits per heavy atom. The number of anilines is 1. The van der Waals surface area contributed by atoms with E-state index >= 15 is 0 Å². The van der Waals surface area contributed by atoms with Crippen molar-refractivity contribution in [3.05, 3.63) is 11.5 Å². The molecule has 1 amide bonds. The number of carbonyl (C=O) groups is 1. The predicted octanol–water partition coefficient (Wildman–Crippen LogP) is 0.465. The van der Waals surface area contributed by atoms with Crippen molar-refractivity contribution in [3.8, 4) is 5.75 Å². The highest BCUT2D eigenvalue weighted by Gasteiger charge is 2.21. The molecule has 7 heteroatoms. The third-order valence-electron chi connectivity index (χ3n) is 2.51. The zero-order valence-electron chi connectivity index (χ0n) is 9.44. The van der Waals surface area contributed by atoms with Crippen LogP contribution in [0, 0.1) is 0 Å². The molecular weight excluding hydrogens is 244 g/mol. The number of hydrogen-bond donors (Lipinski definition) is 1. The molecule has 1 aliphatic rings. The van der Waals surface area contributed by atoms with Gasteiger partial charge in [0.2, 0.25) is 5.91 Å². The van der Waals surface area contributed by atoms with Gasteiger partial charge in [0.1, 0.15) is 6.33 Å². The summed E-state index contributed by atoms with van der Waals surface area (Å²) in [6.45, 7) is 1.66. The number of halogens is 1. The van der Waals surface area contributed by atoms with Crippen molar-refractivity contribution in [1.29, 1.82) is 0 Å². The van der Waals surface area contributed by atoms with Crippen LogP contribution in [0.15, 0.2) is 6.33 Å². The van der Waals surface area contributed by atoms with Gasteiger partial charge in [-0.25, -0.2) is 9.97 Å². The molecule has 0 atom stereocenters. The highest BCUT2D eigenvalue weighted by molar-refractivity contribution is 6.31. The third-order valence-corrected chi connectivity index (χ3v) is 2.78. The fourth-order valence-electron chi connectivity index (χ4n) is 1.73. The van der Waals surface area contributed by atoms with Crippen LogP contribution in [0.1, 0.15) is 6.42 Å². The van der Waals surface area contributed by atoms with Crippen LogP contribution < -0.4 is 15.0 Å². The Labute approximate surface area is 104 Å². The molecular formula is C10H13ClN4O2. The Hall–Kier alpha value is -1.56. The van der Waals surface area contributed by atoms with Gasteiger partial charge < -0.3 is 15.0 Å². The molecule has 0 aromatic carbocycles. The molecule has 1 aromatic heterocycles. The molecule has 0 saturated carbocycles. The Morgan fingerprint density at radius 1 is 1.53 bits per heavy atom. The van der Waals surface area contributed by atoms with E-state index in [0.717, 1.165) is 13.0 Å². The van der Waals surface area contributed by atoms with Gasteiger partial charge in [-0.1, -0.05) is 11.6 Å². The second-order valence-corrected chi connectivity index (χ2v) is 4.00. The van der Waals surface area contributed by atoms with Gasteiger partial charge in [-0.3, -0.25) is 4.79 Å². The van der Waals surface area contributed by atoms with E-state index in [1.165, 1.54) is 13.4 Å². The number of aromatic nitrogens is 2. The lowest BCUT2D eigenvalue weighted by molar-refractivity contribution is -0.119. The van der Waals surface area contributed by atoms with Crippen LogP contribution in [0.2, 0.25) is 5.15 Å². The first-order chi connectivity index (χ1) is 8.22. The van der Waals surface area contributed by atoms with E-state index in [0.29, 0.717) is 18.1 Å². The number of nitrogens with one attached hydrogen (secondary N) is 1. The fraction of sp³-hybridized carbons (Fsp3) is 0.500. The van der Waals surface area contributed by atoms with Crippen LogP contribution in [0.5, 0.6) is 5.75 Å². The molecule has 2 heterocycles. The number of carbonyl (C=O) groups excluding carboxylic acids is 1. The van der Waals surface area contributed by atoms with Gasteiger partial charge in [-0.15, -0.1) is 0 Å². The zero-order valence-corrected chi connectivity index (χ0v) is 10.2. The summed E-state index contributed by atoms with van der Waals surface area (Å²) in [7, 11) is 1.51. The quantitative estimate of drug-likeness (QED) is 0.779. The number of amides is 1. The van der Waals surface area contributed by atoms with Gasteiger partial charge in [0.05, 0.1) is 13.7 Å². The number of nitrogens with zero attached hydrogens (tertiary/aromatic N) is 3. The molecule has 1 aromatic rings. The third kappa shape index (κ3) is 2.58. The summed E-state index contributed by atoms with van der Waals surface area (Å²) in [6, 6.07) is 0. The van der Waals surface area contributed by atoms with Crippen LogP contribution in [0.4, 0.5) is 5.82 Å². The van der Waals surface area contributed by atoms with Gasteiger partial charge in [0, 0.05) is 13.1 Å². The molecule has 0 unspecified atom stereocenters. The van der Waals surface area contributed by atoms with Gasteiger partial charge in [-0.2, -0.15) is 0 Å². The average Bonchev–Trinajstić information content (AvgIpc) is 2.53. The summed E-state index contributed by atoms with van der Waals surface area (Å²) in [5.74, 6) is 0.938. The molecule has 1 fully saturated rings. The molecule has 1 aliphatic heterocycles. The van der Waals surface area contributed by atoms with Crippen LogP contribution in [0.3, 0.4) is 0 Å². The maximum Gasteiger partial charge on any atom is 0.239 e. The normalized spacial score (nSPS) is 16.4. The molecule has 0 radical (unpaired) electrons. The molecule has 17 heavy (non-hydrogen) atoms. The van der Waals surface area contributed by atoms with Crippen molar-refractivity contribution in [2.45, 2.75) is 6.42 Å². The summed E-state index contributed by atoms with van der Waals surface area (Å²) < 4.78 is 5.18. The minimum Gasteiger partial charge on any atom is -0.490 e. The maximum atomic E-state index is 11.5. The van der Waals surface area contributed by atoms with E-state index in [1.807, 2.05) is 4.90 Å². The van der Waals surface area contributed by atoms with E-state index in [-0.39, 0.29) is 17.6 Å². The van der Waals surface area contributed by atoms with E-state index in [4.69, 9.17) is 16.3 Å². The second kappa shape index (κ2) is 5.18. The number of hydrogen-bond acceptors (Lipinski definition) is 5. The highest BCUT2D eigenvalue weighted by atomic mass is 35.5. The Bertz CT molecular complexity index is 427. The van der Waals surface area contributed by atoms with E-state index in [9.17, 15) is 4.79 Å². The van der Waals surface area contributed by atoms with Crippen molar-refractivity contribution in [3.63, 3.8) is 0 Å². The van der Waals surface area contributed by atoms with Crippen molar-refractivity contribution >= 4 is 23.3 Å². The largest absolute Gasteiger partial charge is 0.490 e. The first-order valence-corrected chi connectivity index (χ1v) is 5.66. The minimum absolute atomic E-state index is 0.0284. The van der Waals surface area contributed by atoms with Crippen LogP contribution in [-0.2, 0) is 4.79 Å². The lowest BCUT2D eigenvalue weighted by Crippen LogP contribution is -2.33. The molecule has 0 aliphatic carbocycles. The summed E-state index contributed by atoms with van der Waals surface area (Å²) in [5, 5.41) is 3.05. The smallest absolute Gasteiger partial charge is 0.239 e. The molecule has 0 spiro atoms. The van der Waals surface area contributed by atoms with Crippen molar-refractivity contribution in [2.24, 2.45) is 0 Å². The maximum absolute atomic E-state index is 11.5. The van der Waals surface area contributed by atoms with Crippen molar-refractivity contribution < 1.29 is 9.53 Å². The van der Waals surface area contributed by atoms with Crippen molar-refractivity contribution in [1.82, 2.24) is 15.3 Å². The summed E-state index contributed by atoms with van der Waals surface area (Å²) in [5.41, 5.74) is 0. The number of methoxy groups -OCH3 is 1. The van der Waals surface area contributed by atoms with Gasteiger partial charge >= 0.3 is 0 Å². The SMILES string of the molecule is COc1c(Cl)ncnc1N1CCCNC(=O)C1. The van der Waals surface area contributed by atoms with E-state index in [1.54, 1.807) is 0 Å².